The molecule has 1 fully saturated rings. The van der Waals surface area contributed by atoms with Gasteiger partial charge in [-0.15, -0.1) is 0 Å². The van der Waals surface area contributed by atoms with Crippen molar-refractivity contribution in [2.24, 2.45) is 0 Å². The Kier molecular flexibility index (Phi) is 4.08. The number of carbonyl (C=O) groups excluding carboxylic acids is 1. The van der Waals surface area contributed by atoms with Gasteiger partial charge in [0.2, 0.25) is 9.84 Å². The number of carbonyl (C=O) groups is 1. The zero-order valence-electron chi connectivity index (χ0n) is 10.8. The first-order valence-corrected chi connectivity index (χ1v) is 7.51. The molecule has 0 unspecified atom stereocenters. The molecule has 1 N–H and O–H groups in total. The van der Waals surface area contributed by atoms with Gasteiger partial charge in [-0.25, -0.2) is 17.6 Å². The third-order valence-electron chi connectivity index (χ3n) is 2.98. The van der Waals surface area contributed by atoms with Crippen molar-refractivity contribution in [2.75, 3.05) is 13.7 Å². The van der Waals surface area contributed by atoms with Crippen LogP contribution in [-0.2, 0) is 19.4 Å². The van der Waals surface area contributed by atoms with E-state index in [-0.39, 0.29) is 5.70 Å². The molecule has 20 heavy (non-hydrogen) atoms. The third-order valence-corrected chi connectivity index (χ3v) is 4.84. The van der Waals surface area contributed by atoms with Crippen molar-refractivity contribution in [2.45, 2.75) is 17.7 Å². The second kappa shape index (κ2) is 5.62. The van der Waals surface area contributed by atoms with Crippen molar-refractivity contribution in [1.82, 2.24) is 5.32 Å². The zero-order chi connectivity index (χ0) is 14.8. The van der Waals surface area contributed by atoms with E-state index in [0.29, 0.717) is 19.4 Å². The van der Waals surface area contributed by atoms with E-state index in [1.807, 2.05) is 0 Å². The average Bonchev–Trinajstić information content (AvgIpc) is 2.92. The first kappa shape index (κ1) is 14.5. The van der Waals surface area contributed by atoms with Gasteiger partial charge in [0, 0.05) is 12.2 Å². The van der Waals surface area contributed by atoms with Gasteiger partial charge in [-0.2, -0.15) is 0 Å². The van der Waals surface area contributed by atoms with Crippen LogP contribution in [-0.4, -0.2) is 28.0 Å². The molecule has 0 aliphatic carbocycles. The Balaban J connectivity index is 2.63. The van der Waals surface area contributed by atoms with Gasteiger partial charge in [0.25, 0.3) is 0 Å². The van der Waals surface area contributed by atoms with Crippen molar-refractivity contribution >= 4 is 15.8 Å². The number of esters is 1. The van der Waals surface area contributed by atoms with Crippen LogP contribution >= 0.6 is 0 Å². The Morgan fingerprint density at radius 1 is 1.35 bits per heavy atom. The molecule has 1 saturated heterocycles. The molecule has 1 aliphatic rings. The molecule has 1 aliphatic heterocycles. The number of hydrogen-bond acceptors (Lipinski definition) is 5. The molecule has 0 radical (unpaired) electrons. The van der Waals surface area contributed by atoms with Crippen molar-refractivity contribution in [3.8, 4) is 0 Å². The van der Waals surface area contributed by atoms with Gasteiger partial charge in [-0.05, 0) is 25.0 Å². The van der Waals surface area contributed by atoms with Crippen LogP contribution < -0.4 is 5.32 Å². The lowest BCUT2D eigenvalue weighted by molar-refractivity contribution is -0.135. The lowest BCUT2D eigenvalue weighted by Crippen LogP contribution is -2.22. The molecule has 108 valence electrons. The van der Waals surface area contributed by atoms with Crippen LogP contribution in [0.25, 0.3) is 0 Å². The summed E-state index contributed by atoms with van der Waals surface area (Å²) in [5, 5.41) is 2.84. The van der Waals surface area contributed by atoms with Crippen LogP contribution in [0.4, 0.5) is 4.39 Å². The van der Waals surface area contributed by atoms with Gasteiger partial charge in [0.15, 0.2) is 4.91 Å². The smallest absolute Gasteiger partial charge is 0.351 e. The topological polar surface area (TPSA) is 72.5 Å². The van der Waals surface area contributed by atoms with Crippen molar-refractivity contribution < 1.29 is 22.3 Å². The minimum Gasteiger partial charge on any atom is -0.465 e. The lowest BCUT2D eigenvalue weighted by Gasteiger charge is -2.11. The summed E-state index contributed by atoms with van der Waals surface area (Å²) in [6.07, 6.45) is 1.13. The van der Waals surface area contributed by atoms with E-state index >= 15 is 0 Å². The Hall–Kier alpha value is -1.89. The zero-order valence-corrected chi connectivity index (χ0v) is 11.7. The molecule has 5 nitrogen and oxygen atoms in total. The molecule has 1 heterocycles. The van der Waals surface area contributed by atoms with Crippen molar-refractivity contribution in [3.63, 3.8) is 0 Å². The van der Waals surface area contributed by atoms with Crippen LogP contribution in [0.3, 0.4) is 0 Å². The molecule has 2 rings (SSSR count). The number of sulfone groups is 1. The fourth-order valence-corrected chi connectivity index (χ4v) is 3.65. The summed E-state index contributed by atoms with van der Waals surface area (Å²) in [4.78, 5) is 10.8. The van der Waals surface area contributed by atoms with Gasteiger partial charge in [-0.3, -0.25) is 0 Å². The maximum absolute atomic E-state index is 13.7. The Morgan fingerprint density at radius 3 is 2.60 bits per heavy atom. The molecule has 7 heteroatoms. The van der Waals surface area contributed by atoms with Gasteiger partial charge in [-0.1, -0.05) is 12.1 Å². The molecule has 0 atom stereocenters. The third kappa shape index (κ3) is 2.53. The molecule has 0 spiro atoms. The Morgan fingerprint density at radius 2 is 2.05 bits per heavy atom. The fourth-order valence-electron chi connectivity index (χ4n) is 2.05. The number of ether oxygens (including phenoxy) is 1. The van der Waals surface area contributed by atoms with E-state index in [2.05, 4.69) is 10.1 Å². The average molecular weight is 299 g/mol. The highest BCUT2D eigenvalue weighted by Gasteiger charge is 2.34. The second-order valence-electron chi connectivity index (χ2n) is 4.26. The van der Waals surface area contributed by atoms with E-state index in [1.165, 1.54) is 12.1 Å². The maximum Gasteiger partial charge on any atom is 0.351 e. The number of rotatable bonds is 3. The van der Waals surface area contributed by atoms with E-state index < -0.39 is 31.4 Å². The summed E-state index contributed by atoms with van der Waals surface area (Å²) in [7, 11) is -3.17. The predicted octanol–water partition coefficient (Wildman–Crippen LogP) is 1.37. The van der Waals surface area contributed by atoms with Crippen LogP contribution in [0, 0.1) is 5.82 Å². The summed E-state index contributed by atoms with van der Waals surface area (Å²) in [6, 6.07) is 4.95. The predicted molar refractivity (Wildman–Crippen MR) is 69.9 cm³/mol. The lowest BCUT2D eigenvalue weighted by atomic mass is 10.3. The number of hydrogen-bond donors (Lipinski definition) is 1. The van der Waals surface area contributed by atoms with Crippen molar-refractivity contribution in [1.29, 1.82) is 0 Å². The molecule has 1 aromatic carbocycles. The monoisotopic (exact) mass is 299 g/mol. The van der Waals surface area contributed by atoms with E-state index in [1.54, 1.807) is 0 Å². The van der Waals surface area contributed by atoms with Crippen LogP contribution in [0.1, 0.15) is 12.8 Å². The van der Waals surface area contributed by atoms with Gasteiger partial charge < -0.3 is 10.1 Å². The number of benzene rings is 1. The van der Waals surface area contributed by atoms with E-state index in [9.17, 15) is 17.6 Å². The minimum atomic E-state index is -4.26. The van der Waals surface area contributed by atoms with Gasteiger partial charge >= 0.3 is 5.97 Å². The van der Waals surface area contributed by atoms with E-state index in [4.69, 9.17) is 0 Å². The molecular weight excluding hydrogens is 285 g/mol. The number of allylic oxidation sites excluding steroid dienone is 1. The maximum atomic E-state index is 13.7. The number of methoxy groups -OCH3 is 1. The standard InChI is InChI=1S/C13H14FNO4S/c1-19-13(16)12(10-6-4-8-15-10)20(17,18)11-7-3-2-5-9(11)14/h2-3,5,7,15H,4,6,8H2,1H3/b12-10-. The second-order valence-corrected chi connectivity index (χ2v) is 6.12. The largest absolute Gasteiger partial charge is 0.465 e. The molecule has 0 bridgehead atoms. The first-order valence-electron chi connectivity index (χ1n) is 6.03. The SMILES string of the molecule is COC(=O)/C(=C1\CCCN1)S(=O)(=O)c1ccccc1F. The summed E-state index contributed by atoms with van der Waals surface area (Å²) < 4.78 is 43.3. The van der Waals surface area contributed by atoms with Crippen LogP contribution in [0.5, 0.6) is 0 Å². The minimum absolute atomic E-state index is 0.278. The summed E-state index contributed by atoms with van der Waals surface area (Å²) >= 11 is 0. The highest BCUT2D eigenvalue weighted by molar-refractivity contribution is 7.96. The van der Waals surface area contributed by atoms with Gasteiger partial charge in [0.05, 0.1) is 7.11 Å². The quantitative estimate of drug-likeness (QED) is 0.674. The molecule has 0 aromatic heterocycles. The van der Waals surface area contributed by atoms with Crippen LogP contribution in [0.15, 0.2) is 39.8 Å². The Labute approximate surface area is 116 Å². The molecule has 0 amide bonds. The molecule has 1 aromatic rings. The highest BCUT2D eigenvalue weighted by Crippen LogP contribution is 2.27. The number of nitrogens with one attached hydrogen (secondary N) is 1. The normalized spacial score (nSPS) is 17.5. The highest BCUT2D eigenvalue weighted by atomic mass is 32.2. The number of halogens is 1. The van der Waals surface area contributed by atoms with E-state index in [0.717, 1.165) is 19.2 Å². The van der Waals surface area contributed by atoms with Crippen LogP contribution in [0.2, 0.25) is 0 Å². The summed E-state index contributed by atoms with van der Waals surface area (Å²) in [5.41, 5.74) is 0.278. The summed E-state index contributed by atoms with van der Waals surface area (Å²) in [6.45, 7) is 0.572. The van der Waals surface area contributed by atoms with Gasteiger partial charge in [0.1, 0.15) is 10.7 Å². The Bertz CT molecular complexity index is 659. The molecular formula is C13H14FNO4S. The summed E-state index contributed by atoms with van der Waals surface area (Å²) in [5.74, 6) is -1.88. The molecule has 0 saturated carbocycles. The first-order chi connectivity index (χ1) is 9.48. The fraction of sp³-hybridized carbons (Fsp3) is 0.308. The van der Waals surface area contributed by atoms with Crippen molar-refractivity contribution in [3.05, 3.63) is 40.7 Å².